The van der Waals surface area contributed by atoms with E-state index in [4.69, 9.17) is 10.00 Å². The Morgan fingerprint density at radius 2 is 1.95 bits per heavy atom. The molecule has 9 heteroatoms. The lowest BCUT2D eigenvalue weighted by Crippen LogP contribution is -2.00. The highest BCUT2D eigenvalue weighted by atomic mass is 19.2. The van der Waals surface area contributed by atoms with Crippen molar-refractivity contribution in [2.75, 3.05) is 0 Å². The van der Waals surface area contributed by atoms with Crippen LogP contribution in [0.3, 0.4) is 0 Å². The minimum absolute atomic E-state index is 0.0206. The van der Waals surface area contributed by atoms with Crippen molar-refractivity contribution in [2.45, 2.75) is 0 Å². The zero-order valence-corrected chi connectivity index (χ0v) is 10.0. The van der Waals surface area contributed by atoms with Crippen molar-refractivity contribution < 1.29 is 22.8 Å². The van der Waals surface area contributed by atoms with E-state index in [2.05, 4.69) is 4.98 Å². The van der Waals surface area contributed by atoms with E-state index >= 15 is 0 Å². The molecule has 0 unspecified atom stereocenters. The lowest BCUT2D eigenvalue weighted by atomic mass is 10.2. The zero-order chi connectivity index (χ0) is 15.6. The van der Waals surface area contributed by atoms with Crippen LogP contribution in [-0.4, -0.2) is 9.91 Å². The van der Waals surface area contributed by atoms with E-state index in [0.717, 1.165) is 12.1 Å². The minimum atomic E-state index is -1.61. The van der Waals surface area contributed by atoms with Crippen molar-refractivity contribution >= 4 is 5.69 Å². The molecule has 2 aromatic rings. The summed E-state index contributed by atoms with van der Waals surface area (Å²) in [5, 5.41) is 19.5. The summed E-state index contributed by atoms with van der Waals surface area (Å²) in [4.78, 5) is 12.9. The van der Waals surface area contributed by atoms with E-state index in [9.17, 15) is 23.3 Å². The number of rotatable bonds is 3. The van der Waals surface area contributed by atoms with Gasteiger partial charge in [0.25, 0.3) is 11.8 Å². The Balaban J connectivity index is 2.47. The van der Waals surface area contributed by atoms with Crippen LogP contribution < -0.4 is 4.74 Å². The third kappa shape index (κ3) is 2.89. The number of aromatic nitrogens is 1. The van der Waals surface area contributed by atoms with E-state index in [1.807, 2.05) is 0 Å². The fourth-order valence-corrected chi connectivity index (χ4v) is 1.42. The standard InChI is InChI=1S/C12H4F3N3O3/c13-7-4-8(14)12(17-11(7)15)21-10-2-1-6(5-16)3-9(10)18(19)20/h1-4H. The van der Waals surface area contributed by atoms with Gasteiger partial charge in [-0.3, -0.25) is 10.1 Å². The largest absolute Gasteiger partial charge is 0.429 e. The van der Waals surface area contributed by atoms with E-state index in [1.165, 1.54) is 6.07 Å². The summed E-state index contributed by atoms with van der Waals surface area (Å²) in [6, 6.07) is 4.99. The fourth-order valence-electron chi connectivity index (χ4n) is 1.42. The lowest BCUT2D eigenvalue weighted by Gasteiger charge is -2.06. The summed E-state index contributed by atoms with van der Waals surface area (Å²) in [6.45, 7) is 0. The quantitative estimate of drug-likeness (QED) is 0.493. The van der Waals surface area contributed by atoms with Gasteiger partial charge in [0.1, 0.15) is 0 Å². The van der Waals surface area contributed by atoms with Crippen LogP contribution in [0.15, 0.2) is 24.3 Å². The van der Waals surface area contributed by atoms with Gasteiger partial charge in [0, 0.05) is 12.1 Å². The third-order valence-electron chi connectivity index (χ3n) is 2.35. The fraction of sp³-hybridized carbons (Fsp3) is 0. The SMILES string of the molecule is N#Cc1ccc(Oc2nc(F)c(F)cc2F)c([N+](=O)[O-])c1. The Morgan fingerprint density at radius 1 is 1.24 bits per heavy atom. The van der Waals surface area contributed by atoms with Gasteiger partial charge in [-0.25, -0.2) is 8.78 Å². The summed E-state index contributed by atoms with van der Waals surface area (Å²) in [5.41, 5.74) is -0.659. The van der Waals surface area contributed by atoms with Crippen LogP contribution in [0.4, 0.5) is 18.9 Å². The topological polar surface area (TPSA) is 89.0 Å². The van der Waals surface area contributed by atoms with Crippen LogP contribution in [0.2, 0.25) is 0 Å². The predicted molar refractivity (Wildman–Crippen MR) is 62.0 cm³/mol. The second-order valence-corrected chi connectivity index (χ2v) is 3.70. The average Bonchev–Trinajstić information content (AvgIpc) is 2.44. The normalized spacial score (nSPS) is 10.0. The van der Waals surface area contributed by atoms with Gasteiger partial charge in [0.2, 0.25) is 5.75 Å². The van der Waals surface area contributed by atoms with Crippen LogP contribution in [0.25, 0.3) is 0 Å². The van der Waals surface area contributed by atoms with E-state index in [0.29, 0.717) is 0 Å². The van der Waals surface area contributed by atoms with E-state index in [1.54, 1.807) is 6.07 Å². The first-order valence-electron chi connectivity index (χ1n) is 5.30. The molecule has 0 atom stereocenters. The van der Waals surface area contributed by atoms with Crippen LogP contribution in [0, 0.1) is 39.0 Å². The Labute approximate surface area is 115 Å². The number of hydrogen-bond donors (Lipinski definition) is 0. The summed E-state index contributed by atoms with van der Waals surface area (Å²) in [5.74, 6) is -5.87. The molecule has 0 spiro atoms. The smallest absolute Gasteiger partial charge is 0.312 e. The zero-order valence-electron chi connectivity index (χ0n) is 10.0. The second-order valence-electron chi connectivity index (χ2n) is 3.70. The molecule has 0 aliphatic heterocycles. The summed E-state index contributed by atoms with van der Waals surface area (Å²) in [6.07, 6.45) is 0. The van der Waals surface area contributed by atoms with Gasteiger partial charge >= 0.3 is 5.69 Å². The number of halogens is 3. The highest BCUT2D eigenvalue weighted by molar-refractivity contribution is 5.52. The number of hydrogen-bond acceptors (Lipinski definition) is 5. The number of nitro groups is 1. The van der Waals surface area contributed by atoms with E-state index in [-0.39, 0.29) is 11.6 Å². The molecule has 1 aromatic carbocycles. The Kier molecular flexibility index (Phi) is 3.71. The number of nitro benzene ring substituents is 1. The molecule has 0 amide bonds. The maximum Gasteiger partial charge on any atom is 0.312 e. The molecule has 21 heavy (non-hydrogen) atoms. The summed E-state index contributed by atoms with van der Waals surface area (Å²) < 4.78 is 43.8. The van der Waals surface area contributed by atoms with Gasteiger partial charge in [0.15, 0.2) is 11.6 Å². The highest BCUT2D eigenvalue weighted by Gasteiger charge is 2.20. The number of benzene rings is 1. The molecule has 0 radical (unpaired) electrons. The van der Waals surface area contributed by atoms with Gasteiger partial charge in [-0.2, -0.15) is 14.6 Å². The summed E-state index contributed by atoms with van der Waals surface area (Å²) >= 11 is 0. The number of nitriles is 1. The lowest BCUT2D eigenvalue weighted by molar-refractivity contribution is -0.385. The van der Waals surface area contributed by atoms with Gasteiger partial charge in [-0.1, -0.05) is 0 Å². The number of pyridine rings is 1. The maximum absolute atomic E-state index is 13.4. The molecule has 0 fully saturated rings. The summed E-state index contributed by atoms with van der Waals surface area (Å²) in [7, 11) is 0. The van der Waals surface area contributed by atoms with Gasteiger partial charge in [-0.15, -0.1) is 0 Å². The Morgan fingerprint density at radius 3 is 2.57 bits per heavy atom. The molecule has 1 heterocycles. The molecule has 0 saturated carbocycles. The molecule has 0 bridgehead atoms. The molecule has 0 aliphatic rings. The molecule has 0 N–H and O–H groups in total. The average molecular weight is 295 g/mol. The molecule has 2 rings (SSSR count). The maximum atomic E-state index is 13.4. The molecule has 0 saturated heterocycles. The molecule has 0 aliphatic carbocycles. The van der Waals surface area contributed by atoms with Crippen LogP contribution in [-0.2, 0) is 0 Å². The minimum Gasteiger partial charge on any atom is -0.429 e. The van der Waals surface area contributed by atoms with Crippen LogP contribution >= 0.6 is 0 Å². The van der Waals surface area contributed by atoms with Crippen molar-refractivity contribution in [1.82, 2.24) is 4.98 Å². The number of nitrogens with zero attached hydrogens (tertiary/aromatic N) is 3. The van der Waals surface area contributed by atoms with Gasteiger partial charge < -0.3 is 4.74 Å². The number of ether oxygens (including phenoxy) is 1. The Hall–Kier alpha value is -3.15. The first-order chi connectivity index (χ1) is 9.92. The highest BCUT2D eigenvalue weighted by Crippen LogP contribution is 2.32. The van der Waals surface area contributed by atoms with Crippen molar-refractivity contribution in [1.29, 1.82) is 5.26 Å². The van der Waals surface area contributed by atoms with Crippen molar-refractivity contribution in [3.05, 3.63) is 57.5 Å². The first kappa shape index (κ1) is 14.3. The van der Waals surface area contributed by atoms with Crippen molar-refractivity contribution in [3.8, 4) is 17.7 Å². The van der Waals surface area contributed by atoms with E-state index < -0.39 is 39.8 Å². The Bertz CT molecular complexity index is 774. The predicted octanol–water partition coefficient (Wildman–Crippen LogP) is 3.07. The first-order valence-corrected chi connectivity index (χ1v) is 5.30. The molecular weight excluding hydrogens is 291 g/mol. The van der Waals surface area contributed by atoms with Gasteiger partial charge in [-0.05, 0) is 12.1 Å². The van der Waals surface area contributed by atoms with Crippen molar-refractivity contribution in [2.24, 2.45) is 0 Å². The van der Waals surface area contributed by atoms with Gasteiger partial charge in [0.05, 0.1) is 16.6 Å². The molecule has 106 valence electrons. The molecule has 6 nitrogen and oxygen atoms in total. The van der Waals surface area contributed by atoms with Crippen LogP contribution in [0.1, 0.15) is 5.56 Å². The van der Waals surface area contributed by atoms with Crippen molar-refractivity contribution in [3.63, 3.8) is 0 Å². The molecule has 1 aromatic heterocycles. The molecular formula is C12H4F3N3O3. The monoisotopic (exact) mass is 295 g/mol. The third-order valence-corrected chi connectivity index (χ3v) is 2.35. The van der Waals surface area contributed by atoms with Crippen LogP contribution in [0.5, 0.6) is 11.6 Å². The second kappa shape index (κ2) is 5.46.